The molecule has 168 valence electrons. The van der Waals surface area contributed by atoms with Gasteiger partial charge in [-0.15, -0.1) is 0 Å². The average Bonchev–Trinajstić information content (AvgIpc) is 2.78. The van der Waals surface area contributed by atoms with E-state index in [2.05, 4.69) is 0 Å². The van der Waals surface area contributed by atoms with Gasteiger partial charge in [-0.1, -0.05) is 42.5 Å². The standard InChI is InChI=1S/C23H24N2O7/c1-16(27)25-22(29)20(21(28)24(23(25)30)15-31-11-10-26)13-18-8-5-9-19(12-18)32-14-17-6-3-2-4-7-17/h2-9,12,20,26H,10-11,13-15H2,1H3. The highest BCUT2D eigenvalue weighted by atomic mass is 16.5. The number of benzene rings is 2. The Morgan fingerprint density at radius 2 is 1.72 bits per heavy atom. The molecule has 0 aromatic heterocycles. The van der Waals surface area contributed by atoms with E-state index < -0.39 is 36.4 Å². The van der Waals surface area contributed by atoms with Crippen LogP contribution < -0.4 is 4.74 Å². The number of urea groups is 1. The number of rotatable bonds is 9. The zero-order valence-corrected chi connectivity index (χ0v) is 17.6. The van der Waals surface area contributed by atoms with Crippen LogP contribution in [0.1, 0.15) is 18.1 Å². The van der Waals surface area contributed by atoms with Crippen LogP contribution in [-0.2, 0) is 32.1 Å². The molecule has 0 radical (unpaired) electrons. The van der Waals surface area contributed by atoms with Gasteiger partial charge in [-0.05, 0) is 29.7 Å². The lowest BCUT2D eigenvalue weighted by Gasteiger charge is -2.35. The number of aliphatic hydroxyl groups is 1. The van der Waals surface area contributed by atoms with Crippen LogP contribution in [-0.4, -0.2) is 58.6 Å². The number of amides is 5. The van der Waals surface area contributed by atoms with Crippen LogP contribution in [0.3, 0.4) is 0 Å². The molecule has 2 aromatic carbocycles. The van der Waals surface area contributed by atoms with Gasteiger partial charge in [0.1, 0.15) is 25.0 Å². The Kier molecular flexibility index (Phi) is 7.69. The second-order valence-corrected chi connectivity index (χ2v) is 7.18. The largest absolute Gasteiger partial charge is 0.489 e. The smallest absolute Gasteiger partial charge is 0.342 e. The summed E-state index contributed by atoms with van der Waals surface area (Å²) in [7, 11) is 0. The van der Waals surface area contributed by atoms with E-state index in [1.165, 1.54) is 0 Å². The van der Waals surface area contributed by atoms with E-state index in [9.17, 15) is 19.2 Å². The van der Waals surface area contributed by atoms with Crippen molar-refractivity contribution in [3.8, 4) is 5.75 Å². The molecule has 5 amide bonds. The van der Waals surface area contributed by atoms with Crippen LogP contribution in [0.2, 0.25) is 0 Å². The van der Waals surface area contributed by atoms with Crippen molar-refractivity contribution in [2.45, 2.75) is 20.0 Å². The number of nitrogens with zero attached hydrogens (tertiary/aromatic N) is 2. The van der Waals surface area contributed by atoms with Crippen LogP contribution in [0.15, 0.2) is 54.6 Å². The minimum absolute atomic E-state index is 0.0201. The van der Waals surface area contributed by atoms with Gasteiger partial charge in [0, 0.05) is 6.92 Å². The first-order chi connectivity index (χ1) is 15.4. The van der Waals surface area contributed by atoms with Crippen molar-refractivity contribution < 1.29 is 33.8 Å². The fourth-order valence-electron chi connectivity index (χ4n) is 3.30. The van der Waals surface area contributed by atoms with E-state index in [1.54, 1.807) is 24.3 Å². The van der Waals surface area contributed by atoms with Gasteiger partial charge in [0.25, 0.3) is 0 Å². The summed E-state index contributed by atoms with van der Waals surface area (Å²) < 4.78 is 10.9. The minimum Gasteiger partial charge on any atom is -0.489 e. The second kappa shape index (κ2) is 10.7. The number of barbiturate groups is 1. The van der Waals surface area contributed by atoms with Crippen molar-refractivity contribution in [1.29, 1.82) is 0 Å². The normalized spacial score (nSPS) is 16.4. The quantitative estimate of drug-likeness (QED) is 0.467. The molecule has 2 aromatic rings. The van der Waals surface area contributed by atoms with Crippen molar-refractivity contribution in [3.63, 3.8) is 0 Å². The third-order valence-corrected chi connectivity index (χ3v) is 4.86. The average molecular weight is 440 g/mol. The zero-order valence-electron chi connectivity index (χ0n) is 17.6. The molecule has 32 heavy (non-hydrogen) atoms. The van der Waals surface area contributed by atoms with Gasteiger partial charge in [0.2, 0.25) is 17.7 Å². The van der Waals surface area contributed by atoms with Crippen LogP contribution in [0, 0.1) is 5.92 Å². The van der Waals surface area contributed by atoms with Crippen LogP contribution in [0.25, 0.3) is 0 Å². The monoisotopic (exact) mass is 440 g/mol. The Morgan fingerprint density at radius 3 is 2.41 bits per heavy atom. The Balaban J connectivity index is 1.76. The predicted molar refractivity (Wildman–Crippen MR) is 112 cm³/mol. The van der Waals surface area contributed by atoms with Gasteiger partial charge in [0.05, 0.1) is 13.2 Å². The predicted octanol–water partition coefficient (Wildman–Crippen LogP) is 1.73. The summed E-state index contributed by atoms with van der Waals surface area (Å²) in [6.45, 7) is 0.564. The zero-order chi connectivity index (χ0) is 23.1. The summed E-state index contributed by atoms with van der Waals surface area (Å²) in [4.78, 5) is 51.2. The van der Waals surface area contributed by atoms with Gasteiger partial charge in [0.15, 0.2) is 0 Å². The molecule has 1 fully saturated rings. The van der Waals surface area contributed by atoms with E-state index in [0.717, 1.165) is 12.5 Å². The van der Waals surface area contributed by atoms with Crippen molar-refractivity contribution in [2.75, 3.05) is 19.9 Å². The van der Waals surface area contributed by atoms with Crippen LogP contribution >= 0.6 is 0 Å². The third kappa shape index (κ3) is 5.37. The Hall–Kier alpha value is -3.56. The molecule has 1 heterocycles. The summed E-state index contributed by atoms with van der Waals surface area (Å²) in [5, 5.41) is 8.86. The molecule has 1 N–H and O–H groups in total. The first-order valence-electron chi connectivity index (χ1n) is 10.1. The first kappa shape index (κ1) is 23.1. The summed E-state index contributed by atoms with van der Waals surface area (Å²) in [6, 6.07) is 15.5. The Labute approximate surface area is 185 Å². The molecule has 9 nitrogen and oxygen atoms in total. The topological polar surface area (TPSA) is 113 Å². The van der Waals surface area contributed by atoms with Crippen LogP contribution in [0.4, 0.5) is 4.79 Å². The Bertz CT molecular complexity index is 993. The molecular weight excluding hydrogens is 416 g/mol. The maximum absolute atomic E-state index is 12.9. The number of imide groups is 4. The lowest BCUT2D eigenvalue weighted by Crippen LogP contribution is -2.61. The van der Waals surface area contributed by atoms with Crippen molar-refractivity contribution in [1.82, 2.24) is 9.80 Å². The number of hydrogen-bond acceptors (Lipinski definition) is 7. The lowest BCUT2D eigenvalue weighted by atomic mass is 9.94. The molecule has 0 spiro atoms. The first-order valence-corrected chi connectivity index (χ1v) is 10.1. The fraction of sp³-hybridized carbons (Fsp3) is 0.304. The van der Waals surface area contributed by atoms with E-state index in [0.29, 0.717) is 27.7 Å². The molecular formula is C23H24N2O7. The molecule has 1 unspecified atom stereocenters. The van der Waals surface area contributed by atoms with Gasteiger partial charge >= 0.3 is 6.03 Å². The lowest BCUT2D eigenvalue weighted by molar-refractivity contribution is -0.156. The molecule has 1 aliphatic rings. The molecule has 1 saturated heterocycles. The van der Waals surface area contributed by atoms with E-state index in [-0.39, 0.29) is 19.6 Å². The van der Waals surface area contributed by atoms with Gasteiger partial charge in [-0.25, -0.2) is 9.69 Å². The van der Waals surface area contributed by atoms with Crippen molar-refractivity contribution >= 4 is 23.8 Å². The summed E-state index contributed by atoms with van der Waals surface area (Å²) in [5.74, 6) is -3.12. The number of aliphatic hydroxyl groups excluding tert-OH is 1. The minimum atomic E-state index is -1.27. The highest BCUT2D eigenvalue weighted by Crippen LogP contribution is 2.24. The van der Waals surface area contributed by atoms with Gasteiger partial charge < -0.3 is 14.6 Å². The van der Waals surface area contributed by atoms with Crippen molar-refractivity contribution in [2.24, 2.45) is 5.92 Å². The number of ether oxygens (including phenoxy) is 2. The summed E-state index contributed by atoms with van der Waals surface area (Å²) in [6.07, 6.45) is -0.0201. The molecule has 1 atom stereocenters. The Morgan fingerprint density at radius 1 is 1.00 bits per heavy atom. The van der Waals surface area contributed by atoms with E-state index in [1.807, 2.05) is 30.3 Å². The van der Waals surface area contributed by atoms with Crippen molar-refractivity contribution in [3.05, 3.63) is 65.7 Å². The maximum atomic E-state index is 12.9. The summed E-state index contributed by atoms with van der Waals surface area (Å²) in [5.41, 5.74) is 1.63. The maximum Gasteiger partial charge on any atom is 0.342 e. The highest BCUT2D eigenvalue weighted by Gasteiger charge is 2.47. The fourth-order valence-corrected chi connectivity index (χ4v) is 3.30. The third-order valence-electron chi connectivity index (χ3n) is 4.86. The number of hydrogen-bond donors (Lipinski definition) is 1. The molecule has 0 bridgehead atoms. The number of carbonyl (C=O) groups is 4. The second-order valence-electron chi connectivity index (χ2n) is 7.18. The summed E-state index contributed by atoms with van der Waals surface area (Å²) >= 11 is 0. The number of carbonyl (C=O) groups excluding carboxylic acids is 4. The van der Waals surface area contributed by atoms with Gasteiger partial charge in [-0.3, -0.25) is 14.4 Å². The molecule has 0 saturated carbocycles. The molecule has 1 aliphatic heterocycles. The SMILES string of the molecule is CC(=O)N1C(=O)C(Cc2cccc(OCc3ccccc3)c2)C(=O)N(COCCO)C1=O. The molecule has 3 rings (SSSR count). The highest BCUT2D eigenvalue weighted by molar-refractivity contribution is 6.22. The molecule has 9 heteroatoms. The van der Waals surface area contributed by atoms with E-state index >= 15 is 0 Å². The van der Waals surface area contributed by atoms with Crippen LogP contribution in [0.5, 0.6) is 5.75 Å². The van der Waals surface area contributed by atoms with Gasteiger partial charge in [-0.2, -0.15) is 4.90 Å². The molecule has 0 aliphatic carbocycles. The van der Waals surface area contributed by atoms with E-state index in [4.69, 9.17) is 14.6 Å².